The Morgan fingerprint density at radius 3 is 2.36 bits per heavy atom. The summed E-state index contributed by atoms with van der Waals surface area (Å²) >= 11 is 0. The number of carbonyl (C=O) groups is 1. The van der Waals surface area contributed by atoms with Crippen LogP contribution in [0.15, 0.2) is 0 Å². The van der Waals surface area contributed by atoms with Gasteiger partial charge in [0.2, 0.25) is 6.41 Å². The molecular formula is C7H17N3O. The first-order valence-electron chi connectivity index (χ1n) is 3.67. The summed E-state index contributed by atoms with van der Waals surface area (Å²) in [5.74, 6) is 0. The molecule has 0 fully saturated rings. The van der Waals surface area contributed by atoms with E-state index in [0.717, 1.165) is 13.0 Å². The van der Waals surface area contributed by atoms with Crippen molar-refractivity contribution in [2.75, 3.05) is 27.7 Å². The molecule has 0 aliphatic rings. The van der Waals surface area contributed by atoms with Crippen molar-refractivity contribution in [3.8, 4) is 0 Å². The van der Waals surface area contributed by atoms with Gasteiger partial charge in [-0.3, -0.25) is 9.80 Å². The maximum atomic E-state index is 10.4. The topological polar surface area (TPSA) is 35.6 Å². The van der Waals surface area contributed by atoms with Crippen molar-refractivity contribution in [3.63, 3.8) is 0 Å². The summed E-state index contributed by atoms with van der Waals surface area (Å²) in [7, 11) is 5.70. The molecule has 4 heteroatoms. The lowest BCUT2D eigenvalue weighted by atomic mass is 10.3. The fourth-order valence-electron chi connectivity index (χ4n) is 0.993. The molecule has 0 aliphatic heterocycles. The largest absolute Gasteiger partial charge is 0.307 e. The van der Waals surface area contributed by atoms with Crippen molar-refractivity contribution in [1.29, 1.82) is 0 Å². The van der Waals surface area contributed by atoms with Gasteiger partial charge in [0.05, 0.1) is 6.04 Å². The van der Waals surface area contributed by atoms with Crippen LogP contribution in [-0.4, -0.2) is 50.0 Å². The minimum atomic E-state index is 0.201. The third-order valence-electron chi connectivity index (χ3n) is 1.48. The smallest absolute Gasteiger partial charge is 0.224 e. The number of hydrogen-bond donors (Lipinski definition) is 1. The summed E-state index contributed by atoms with van der Waals surface area (Å²) in [5.41, 5.74) is 2.80. The number of amides is 1. The van der Waals surface area contributed by atoms with Crippen LogP contribution in [0, 0.1) is 0 Å². The van der Waals surface area contributed by atoms with Crippen LogP contribution >= 0.6 is 0 Å². The van der Waals surface area contributed by atoms with Gasteiger partial charge in [0.15, 0.2) is 0 Å². The predicted molar refractivity (Wildman–Crippen MR) is 45.0 cm³/mol. The molecule has 0 aromatic rings. The Balaban J connectivity index is 3.78. The van der Waals surface area contributed by atoms with Gasteiger partial charge in [0.25, 0.3) is 0 Å². The molecule has 4 nitrogen and oxygen atoms in total. The van der Waals surface area contributed by atoms with Crippen LogP contribution in [0.3, 0.4) is 0 Å². The van der Waals surface area contributed by atoms with Crippen molar-refractivity contribution in [2.45, 2.75) is 13.0 Å². The zero-order valence-corrected chi connectivity index (χ0v) is 7.66. The first-order chi connectivity index (χ1) is 5.11. The second kappa shape index (κ2) is 5.09. The summed E-state index contributed by atoms with van der Waals surface area (Å²) in [4.78, 5) is 12.4. The second-order valence-corrected chi connectivity index (χ2v) is 2.85. The van der Waals surface area contributed by atoms with E-state index in [-0.39, 0.29) is 6.04 Å². The molecular weight excluding hydrogens is 142 g/mol. The lowest BCUT2D eigenvalue weighted by molar-refractivity contribution is -0.122. The maximum absolute atomic E-state index is 10.4. The average Bonchev–Trinajstić information content (AvgIpc) is 1.88. The highest BCUT2D eigenvalue weighted by atomic mass is 16.1. The monoisotopic (exact) mass is 159 g/mol. The lowest BCUT2D eigenvalue weighted by Gasteiger charge is -2.26. The van der Waals surface area contributed by atoms with E-state index < -0.39 is 0 Å². The van der Waals surface area contributed by atoms with Crippen molar-refractivity contribution >= 4 is 6.41 Å². The van der Waals surface area contributed by atoms with Gasteiger partial charge in [0, 0.05) is 13.6 Å². The number of hydrogen-bond acceptors (Lipinski definition) is 3. The van der Waals surface area contributed by atoms with E-state index in [9.17, 15) is 4.79 Å². The first kappa shape index (κ1) is 10.4. The minimum absolute atomic E-state index is 0.201. The van der Waals surface area contributed by atoms with E-state index in [2.05, 4.69) is 5.43 Å². The molecule has 1 N–H and O–H groups in total. The van der Waals surface area contributed by atoms with Gasteiger partial charge in [0.1, 0.15) is 0 Å². The third-order valence-corrected chi connectivity index (χ3v) is 1.48. The highest BCUT2D eigenvalue weighted by Gasteiger charge is 2.09. The van der Waals surface area contributed by atoms with Crippen molar-refractivity contribution in [2.24, 2.45) is 0 Å². The molecule has 0 radical (unpaired) electrons. The molecule has 0 aromatic heterocycles. The molecule has 66 valence electrons. The van der Waals surface area contributed by atoms with Gasteiger partial charge in [-0.25, -0.2) is 5.43 Å². The Morgan fingerprint density at radius 2 is 2.09 bits per heavy atom. The fourth-order valence-corrected chi connectivity index (χ4v) is 0.993. The predicted octanol–water partition coefficient (Wildman–Crippen LogP) is -0.471. The highest BCUT2D eigenvalue weighted by Crippen LogP contribution is 1.92. The zero-order chi connectivity index (χ0) is 8.85. The van der Waals surface area contributed by atoms with Gasteiger partial charge in [-0.15, -0.1) is 0 Å². The first-order valence-corrected chi connectivity index (χ1v) is 3.67. The maximum Gasteiger partial charge on any atom is 0.224 e. The summed E-state index contributed by atoms with van der Waals surface area (Å²) in [6.07, 6.45) is 0.800. The SMILES string of the molecule is CNN(C=O)C(C)CN(C)C. The van der Waals surface area contributed by atoms with Gasteiger partial charge in [-0.2, -0.15) is 0 Å². The van der Waals surface area contributed by atoms with Gasteiger partial charge >= 0.3 is 0 Å². The molecule has 0 saturated heterocycles. The molecule has 0 spiro atoms. The van der Waals surface area contributed by atoms with Crippen LogP contribution in [0.4, 0.5) is 0 Å². The van der Waals surface area contributed by atoms with E-state index in [1.54, 1.807) is 12.1 Å². The van der Waals surface area contributed by atoms with Crippen LogP contribution in [0.1, 0.15) is 6.92 Å². The summed E-state index contributed by atoms with van der Waals surface area (Å²) < 4.78 is 0. The lowest BCUT2D eigenvalue weighted by Crippen LogP contribution is -2.45. The average molecular weight is 159 g/mol. The minimum Gasteiger partial charge on any atom is -0.307 e. The number of carbonyl (C=O) groups excluding carboxylic acids is 1. The number of likely N-dealkylation sites (N-methyl/N-ethyl adjacent to an activating group) is 1. The van der Waals surface area contributed by atoms with Crippen molar-refractivity contribution < 1.29 is 4.79 Å². The van der Waals surface area contributed by atoms with Crippen LogP contribution in [-0.2, 0) is 4.79 Å². The second-order valence-electron chi connectivity index (χ2n) is 2.85. The van der Waals surface area contributed by atoms with Gasteiger partial charge in [-0.1, -0.05) is 0 Å². The van der Waals surface area contributed by atoms with Crippen molar-refractivity contribution in [3.05, 3.63) is 0 Å². The van der Waals surface area contributed by atoms with E-state index in [1.165, 1.54) is 0 Å². The number of nitrogens with zero attached hydrogens (tertiary/aromatic N) is 2. The molecule has 0 heterocycles. The number of nitrogens with one attached hydrogen (secondary N) is 1. The fraction of sp³-hybridized carbons (Fsp3) is 0.857. The molecule has 1 unspecified atom stereocenters. The molecule has 0 bridgehead atoms. The highest BCUT2D eigenvalue weighted by molar-refractivity contribution is 5.46. The summed E-state index contributed by atoms with van der Waals surface area (Å²) in [5, 5.41) is 1.54. The molecule has 0 aliphatic carbocycles. The Kier molecular flexibility index (Phi) is 4.81. The van der Waals surface area contributed by atoms with E-state index in [4.69, 9.17) is 0 Å². The molecule has 1 amide bonds. The van der Waals surface area contributed by atoms with Gasteiger partial charge < -0.3 is 4.90 Å². The van der Waals surface area contributed by atoms with Gasteiger partial charge in [-0.05, 0) is 21.0 Å². The Bertz CT molecular complexity index is 116. The van der Waals surface area contributed by atoms with Crippen molar-refractivity contribution in [1.82, 2.24) is 15.3 Å². The van der Waals surface area contributed by atoms with E-state index >= 15 is 0 Å². The van der Waals surface area contributed by atoms with E-state index in [0.29, 0.717) is 0 Å². The summed E-state index contributed by atoms with van der Waals surface area (Å²) in [6, 6.07) is 0.201. The Hall–Kier alpha value is -0.610. The number of rotatable bonds is 5. The molecule has 1 atom stereocenters. The Morgan fingerprint density at radius 1 is 1.55 bits per heavy atom. The molecule has 0 rings (SSSR count). The standard InChI is InChI=1S/C7H17N3O/c1-7(5-9(3)4)10(6-11)8-2/h6-8H,5H2,1-4H3. The third kappa shape index (κ3) is 3.95. The van der Waals surface area contributed by atoms with Crippen LogP contribution in [0.5, 0.6) is 0 Å². The van der Waals surface area contributed by atoms with E-state index in [1.807, 2.05) is 25.9 Å². The van der Waals surface area contributed by atoms with Crippen LogP contribution < -0.4 is 5.43 Å². The zero-order valence-electron chi connectivity index (χ0n) is 7.66. The quantitative estimate of drug-likeness (QED) is 0.435. The molecule has 11 heavy (non-hydrogen) atoms. The molecule has 0 saturated carbocycles. The Labute approximate surface area is 68.1 Å². The van der Waals surface area contributed by atoms with Crippen LogP contribution in [0.25, 0.3) is 0 Å². The van der Waals surface area contributed by atoms with Crippen LogP contribution in [0.2, 0.25) is 0 Å². The normalized spacial score (nSPS) is 13.2. The number of hydrazine groups is 1. The summed E-state index contributed by atoms with van der Waals surface area (Å²) in [6.45, 7) is 2.85. The molecule has 0 aromatic carbocycles.